The van der Waals surface area contributed by atoms with Crippen LogP contribution in [0, 0.1) is 10.2 Å². The molecule has 0 amide bonds. The number of benzene rings is 6. The van der Waals surface area contributed by atoms with Gasteiger partial charge in [0.05, 0.1) is 14.9 Å². The van der Waals surface area contributed by atoms with Crippen molar-refractivity contribution in [1.29, 1.82) is 0 Å². The Morgan fingerprint density at radius 2 is 0.667 bits per heavy atom. The van der Waals surface area contributed by atoms with Gasteiger partial charge in [-0.05, 0) is 68.7 Å². The summed E-state index contributed by atoms with van der Waals surface area (Å²) in [6, 6.07) is 45.7. The van der Waals surface area contributed by atoms with Gasteiger partial charge in [0.2, 0.25) is 0 Å². The summed E-state index contributed by atoms with van der Waals surface area (Å²) in [5.41, 5.74) is 3.47. The van der Waals surface area contributed by atoms with Gasteiger partial charge in [-0.1, -0.05) is 91.0 Å². The first-order valence-corrected chi connectivity index (χ1v) is 12.5. The van der Waals surface area contributed by atoms with Crippen LogP contribution in [0.3, 0.4) is 0 Å². The maximum absolute atomic E-state index is 8.60. The van der Waals surface area contributed by atoms with Gasteiger partial charge in [0.1, 0.15) is 0 Å². The van der Waals surface area contributed by atoms with Gasteiger partial charge in [-0.15, -0.1) is 0 Å². The molecule has 0 aliphatic heterocycles. The quantitative estimate of drug-likeness (QED) is 0.390. The molecule has 0 saturated heterocycles. The van der Waals surface area contributed by atoms with Crippen molar-refractivity contribution in [3.05, 3.63) is 127 Å². The molecular weight excluding hydrogens is 474 g/mol. The summed E-state index contributed by atoms with van der Waals surface area (Å²) in [4.78, 5) is 2.35. The molecule has 0 aliphatic rings. The Bertz CT molecular complexity index is 1470. The van der Waals surface area contributed by atoms with E-state index < -0.39 is 10.2 Å². The van der Waals surface area contributed by atoms with Gasteiger partial charge >= 0.3 is 0 Å². The minimum absolute atomic E-state index is 1.16. The highest BCUT2D eigenvalue weighted by Gasteiger charge is 2.14. The van der Waals surface area contributed by atoms with Crippen LogP contribution in [0.15, 0.2) is 127 Å². The summed E-state index contributed by atoms with van der Waals surface area (Å²) in [5.74, 6) is 0. The third kappa shape index (κ3) is 5.47. The summed E-state index contributed by atoms with van der Waals surface area (Å²) in [5, 5.41) is 7.49. The van der Waals surface area contributed by atoms with Crippen LogP contribution in [0.4, 0.5) is 17.1 Å². The standard InChI is InChI=1S/C30H21N.ClHO4/c1-4-10-25-19-28(16-13-22(25)7-1)31(29-17-14-23-8-2-5-11-26(23)20-29)30-18-15-24-9-3-6-12-27(24)21-30;2-1(3,4)5/h1-21H;(H,2,3,4,5). The average molecular weight is 496 g/mol. The number of hydrogen-bond acceptors (Lipinski definition) is 5. The number of nitrogens with zero attached hydrogens (tertiary/aromatic N) is 1. The van der Waals surface area contributed by atoms with Crippen molar-refractivity contribution < 1.29 is 28.9 Å². The van der Waals surface area contributed by atoms with Gasteiger partial charge in [-0.2, -0.15) is 14.0 Å². The summed E-state index contributed by atoms with van der Waals surface area (Å²) < 4.78 is 32.7. The molecule has 5 nitrogen and oxygen atoms in total. The van der Waals surface area contributed by atoms with Gasteiger partial charge in [0, 0.05) is 17.1 Å². The molecule has 1 N–H and O–H groups in total. The molecule has 0 atom stereocenters. The fraction of sp³-hybridized carbons (Fsp3) is 0. The Balaban J connectivity index is 0.000000489. The molecule has 178 valence electrons. The van der Waals surface area contributed by atoms with Crippen LogP contribution < -0.4 is 18.9 Å². The zero-order valence-electron chi connectivity index (χ0n) is 19.1. The van der Waals surface area contributed by atoms with Gasteiger partial charge in [0.15, 0.2) is 0 Å². The second-order valence-corrected chi connectivity index (χ2v) is 9.12. The fourth-order valence-electron chi connectivity index (χ4n) is 4.39. The van der Waals surface area contributed by atoms with Crippen molar-refractivity contribution in [3.8, 4) is 0 Å². The third-order valence-corrected chi connectivity index (χ3v) is 5.97. The lowest BCUT2D eigenvalue weighted by atomic mass is 10.0. The van der Waals surface area contributed by atoms with E-state index >= 15 is 0 Å². The van der Waals surface area contributed by atoms with Gasteiger partial charge in [-0.25, -0.2) is 0 Å². The first-order valence-electron chi connectivity index (χ1n) is 11.2. The Labute approximate surface area is 210 Å². The Hall–Kier alpha value is -3.97. The summed E-state index contributed by atoms with van der Waals surface area (Å²) >= 11 is 0. The molecule has 6 rings (SSSR count). The SMILES string of the molecule is [O-][Cl+3]([O-])([O-])O.c1ccc2cc(N(c3ccc4ccccc4c3)c3ccc4ccccc4c3)ccc2c1. The molecule has 0 spiro atoms. The predicted molar refractivity (Wildman–Crippen MR) is 136 cm³/mol. The minimum atomic E-state index is -4.69. The van der Waals surface area contributed by atoms with E-state index in [4.69, 9.17) is 18.6 Å². The largest absolute Gasteiger partial charge is 0.310 e. The number of hydrogen-bond donors (Lipinski definition) is 1. The molecule has 0 bridgehead atoms. The number of halogens is 1. The normalized spacial score (nSPS) is 11.3. The van der Waals surface area contributed by atoms with E-state index in [1.165, 1.54) is 32.3 Å². The number of fused-ring (bicyclic) bond motifs is 3. The predicted octanol–water partition coefficient (Wildman–Crippen LogP) is 4.49. The number of rotatable bonds is 3. The van der Waals surface area contributed by atoms with E-state index in [1.807, 2.05) is 0 Å². The van der Waals surface area contributed by atoms with Gasteiger partial charge in [-0.3, -0.25) is 0 Å². The molecule has 6 aromatic rings. The second-order valence-electron chi connectivity index (χ2n) is 8.33. The van der Waals surface area contributed by atoms with E-state index in [-0.39, 0.29) is 0 Å². The molecular formula is C30H22ClNO4. The topological polar surface area (TPSA) is 92.6 Å². The molecule has 0 saturated carbocycles. The van der Waals surface area contributed by atoms with Crippen molar-refractivity contribution >= 4 is 49.4 Å². The van der Waals surface area contributed by atoms with Crippen LogP contribution in [0.2, 0.25) is 0 Å². The van der Waals surface area contributed by atoms with Crippen molar-refractivity contribution in [1.82, 2.24) is 0 Å². The fourth-order valence-corrected chi connectivity index (χ4v) is 4.39. The van der Waals surface area contributed by atoms with Crippen LogP contribution in [-0.2, 0) is 0 Å². The summed E-state index contributed by atoms with van der Waals surface area (Å²) in [6.45, 7) is 0. The molecule has 0 fully saturated rings. The molecule has 6 heteroatoms. The smallest absolute Gasteiger partial charge is 0.0777 e. The first-order chi connectivity index (χ1) is 17.3. The molecule has 0 aromatic heterocycles. The van der Waals surface area contributed by atoms with E-state index in [0.29, 0.717) is 0 Å². The zero-order chi connectivity index (χ0) is 25.1. The van der Waals surface area contributed by atoms with Crippen molar-refractivity contribution in [2.75, 3.05) is 4.90 Å². The van der Waals surface area contributed by atoms with E-state index in [0.717, 1.165) is 17.1 Å². The molecule has 0 unspecified atom stereocenters. The Kier molecular flexibility index (Phi) is 6.57. The monoisotopic (exact) mass is 495 g/mol. The van der Waals surface area contributed by atoms with Crippen LogP contribution >= 0.6 is 0 Å². The van der Waals surface area contributed by atoms with Crippen molar-refractivity contribution in [2.24, 2.45) is 0 Å². The van der Waals surface area contributed by atoms with Crippen LogP contribution in [0.25, 0.3) is 32.3 Å². The maximum Gasteiger partial charge on any atom is 0.0777 e. The number of anilines is 3. The first kappa shape index (κ1) is 23.8. The minimum Gasteiger partial charge on any atom is -0.310 e. The zero-order valence-corrected chi connectivity index (χ0v) is 19.9. The molecule has 0 aliphatic carbocycles. The van der Waals surface area contributed by atoms with Crippen LogP contribution in [0.5, 0.6) is 0 Å². The highest BCUT2D eigenvalue weighted by atomic mass is 35.7. The second kappa shape index (κ2) is 9.95. The summed E-state index contributed by atoms with van der Waals surface area (Å²) in [6.07, 6.45) is 0. The lowest BCUT2D eigenvalue weighted by molar-refractivity contribution is -1.92. The molecule has 36 heavy (non-hydrogen) atoms. The maximum atomic E-state index is 8.60. The lowest BCUT2D eigenvalue weighted by Gasteiger charge is -2.26. The lowest BCUT2D eigenvalue weighted by Crippen LogP contribution is -2.58. The highest BCUT2D eigenvalue weighted by molar-refractivity contribution is 5.94. The van der Waals surface area contributed by atoms with Crippen LogP contribution in [0.1, 0.15) is 0 Å². The Morgan fingerprint density at radius 1 is 0.417 bits per heavy atom. The van der Waals surface area contributed by atoms with Gasteiger partial charge < -0.3 is 4.90 Å². The highest BCUT2D eigenvalue weighted by Crippen LogP contribution is 2.38. The van der Waals surface area contributed by atoms with Crippen molar-refractivity contribution in [3.63, 3.8) is 0 Å². The summed E-state index contributed by atoms with van der Waals surface area (Å²) in [7, 11) is -4.69. The van der Waals surface area contributed by atoms with E-state index in [1.54, 1.807) is 0 Å². The molecule has 6 aromatic carbocycles. The van der Waals surface area contributed by atoms with Crippen molar-refractivity contribution in [2.45, 2.75) is 0 Å². The Morgan fingerprint density at radius 3 is 0.944 bits per heavy atom. The third-order valence-electron chi connectivity index (χ3n) is 5.97. The van der Waals surface area contributed by atoms with Crippen LogP contribution in [-0.4, -0.2) is 4.66 Å². The van der Waals surface area contributed by atoms with E-state index in [2.05, 4.69) is 132 Å². The van der Waals surface area contributed by atoms with E-state index in [9.17, 15) is 0 Å². The molecule has 0 radical (unpaired) electrons. The average Bonchev–Trinajstić information content (AvgIpc) is 2.88. The molecule has 0 heterocycles. The van der Waals surface area contributed by atoms with Gasteiger partial charge in [0.25, 0.3) is 0 Å².